The van der Waals surface area contributed by atoms with Crippen molar-refractivity contribution in [3.63, 3.8) is 0 Å². The van der Waals surface area contributed by atoms with Gasteiger partial charge in [0.05, 0.1) is 18.6 Å². The van der Waals surface area contributed by atoms with Gasteiger partial charge >= 0.3 is 0 Å². The van der Waals surface area contributed by atoms with E-state index in [4.69, 9.17) is 0 Å². The van der Waals surface area contributed by atoms with E-state index in [0.29, 0.717) is 6.42 Å². The minimum Gasteiger partial charge on any atom is -0.388 e. The molecule has 2 unspecified atom stereocenters. The van der Waals surface area contributed by atoms with Crippen LogP contribution in [0.15, 0.2) is 91.1 Å². The van der Waals surface area contributed by atoms with Crippen molar-refractivity contribution in [3.8, 4) is 0 Å². The number of nitrogens with zero attached hydrogens (tertiary/aromatic N) is 1. The molecule has 1 heterocycles. The van der Waals surface area contributed by atoms with Gasteiger partial charge in [-0.1, -0.05) is 84.4 Å². The van der Waals surface area contributed by atoms with E-state index in [1.165, 1.54) is 5.56 Å². The molecule has 4 aromatic rings. The number of nitrogens with one attached hydrogen (secondary N) is 1. The molecule has 178 valence electrons. The molecule has 4 nitrogen and oxygen atoms in total. The van der Waals surface area contributed by atoms with Crippen molar-refractivity contribution < 1.29 is 9.90 Å². The number of aryl methyl sites for hydroxylation is 3. The van der Waals surface area contributed by atoms with Crippen molar-refractivity contribution in [2.75, 3.05) is 0 Å². The molecule has 0 radical (unpaired) electrons. The highest BCUT2D eigenvalue weighted by molar-refractivity contribution is 5.79. The van der Waals surface area contributed by atoms with E-state index in [2.05, 4.69) is 42.3 Å². The molecule has 0 spiro atoms. The second-order valence-electron chi connectivity index (χ2n) is 9.16. The van der Waals surface area contributed by atoms with Crippen LogP contribution in [-0.2, 0) is 17.6 Å². The Kier molecular flexibility index (Phi) is 7.74. The Balaban J connectivity index is 1.45. The number of hydrogen-bond donors (Lipinski definition) is 2. The Hall–Kier alpha value is -3.76. The molecule has 2 N–H and O–H groups in total. The third kappa shape index (κ3) is 6.23. The maximum absolute atomic E-state index is 13.1. The molecule has 0 aliphatic carbocycles. The quantitative estimate of drug-likeness (QED) is 0.350. The molecule has 2 atom stereocenters. The molecular weight excluding hydrogens is 432 g/mol. The summed E-state index contributed by atoms with van der Waals surface area (Å²) in [7, 11) is 0. The van der Waals surface area contributed by atoms with Gasteiger partial charge in [0.15, 0.2) is 0 Å². The van der Waals surface area contributed by atoms with Crippen molar-refractivity contribution in [2.24, 2.45) is 0 Å². The van der Waals surface area contributed by atoms with Crippen LogP contribution >= 0.6 is 0 Å². The van der Waals surface area contributed by atoms with Gasteiger partial charge in [0.25, 0.3) is 0 Å². The van der Waals surface area contributed by atoms with E-state index < -0.39 is 6.10 Å². The fourth-order valence-corrected chi connectivity index (χ4v) is 4.45. The van der Waals surface area contributed by atoms with Gasteiger partial charge in [0.2, 0.25) is 5.91 Å². The topological polar surface area (TPSA) is 62.2 Å². The first kappa shape index (κ1) is 24.4. The number of aromatic nitrogens is 1. The number of amides is 1. The van der Waals surface area contributed by atoms with Crippen LogP contribution in [0.1, 0.15) is 56.8 Å². The highest BCUT2D eigenvalue weighted by Gasteiger charge is 2.19. The number of carbonyl (C=O) groups excluding carboxylic acids is 1. The molecular formula is C31H32N2O2. The van der Waals surface area contributed by atoms with E-state index in [9.17, 15) is 9.90 Å². The Morgan fingerprint density at radius 2 is 1.63 bits per heavy atom. The van der Waals surface area contributed by atoms with Crippen molar-refractivity contribution in [1.82, 2.24) is 10.3 Å². The monoisotopic (exact) mass is 464 g/mol. The molecule has 1 amide bonds. The molecule has 0 saturated heterocycles. The number of carbonyl (C=O) groups is 1. The summed E-state index contributed by atoms with van der Waals surface area (Å²) in [6.45, 7) is 6.11. The number of aliphatic hydroxyl groups excluding tert-OH is 1. The lowest BCUT2D eigenvalue weighted by Gasteiger charge is -2.22. The Morgan fingerprint density at radius 1 is 0.886 bits per heavy atom. The molecule has 3 aromatic carbocycles. The van der Waals surface area contributed by atoms with E-state index in [-0.39, 0.29) is 18.4 Å². The summed E-state index contributed by atoms with van der Waals surface area (Å²) < 4.78 is 0. The summed E-state index contributed by atoms with van der Waals surface area (Å²) in [5.41, 5.74) is 8.19. The predicted molar refractivity (Wildman–Crippen MR) is 140 cm³/mol. The normalized spacial score (nSPS) is 12.7. The number of pyridine rings is 1. The first-order valence-corrected chi connectivity index (χ1v) is 12.0. The molecule has 0 aliphatic heterocycles. The number of rotatable bonds is 8. The zero-order valence-corrected chi connectivity index (χ0v) is 20.5. The van der Waals surface area contributed by atoms with Crippen LogP contribution in [0.2, 0.25) is 0 Å². The molecule has 0 fully saturated rings. The van der Waals surface area contributed by atoms with Crippen molar-refractivity contribution >= 4 is 5.91 Å². The summed E-state index contributed by atoms with van der Waals surface area (Å²) in [6.07, 6.45) is 1.92. The number of aliphatic hydroxyl groups is 1. The van der Waals surface area contributed by atoms with E-state index in [1.54, 1.807) is 6.20 Å². The van der Waals surface area contributed by atoms with Gasteiger partial charge in [-0.2, -0.15) is 0 Å². The second-order valence-corrected chi connectivity index (χ2v) is 9.16. The summed E-state index contributed by atoms with van der Waals surface area (Å²) in [5.74, 6) is -0.0434. The van der Waals surface area contributed by atoms with Crippen molar-refractivity contribution in [1.29, 1.82) is 0 Å². The van der Waals surface area contributed by atoms with Crippen LogP contribution in [0, 0.1) is 20.8 Å². The summed E-state index contributed by atoms with van der Waals surface area (Å²) in [6, 6.07) is 27.7. The van der Waals surface area contributed by atoms with E-state index in [0.717, 1.165) is 39.1 Å². The molecule has 0 aliphatic rings. The first-order valence-electron chi connectivity index (χ1n) is 12.0. The highest BCUT2D eigenvalue weighted by atomic mass is 16.3. The van der Waals surface area contributed by atoms with Crippen LogP contribution in [0.4, 0.5) is 0 Å². The van der Waals surface area contributed by atoms with E-state index >= 15 is 0 Å². The van der Waals surface area contributed by atoms with Gasteiger partial charge in [-0.3, -0.25) is 9.78 Å². The lowest BCUT2D eigenvalue weighted by atomic mass is 9.93. The van der Waals surface area contributed by atoms with Crippen molar-refractivity contribution in [2.45, 2.75) is 45.8 Å². The SMILES string of the molecule is Cc1ccc(C(NC(=O)Cc2ccc(C(O)Cc3cccnc3C)cc2)c2ccccc2)c(C)c1. The Bertz CT molecular complexity index is 1280. The van der Waals surface area contributed by atoms with Gasteiger partial charge in [-0.05, 0) is 60.2 Å². The minimum absolute atomic E-state index is 0.0434. The van der Waals surface area contributed by atoms with E-state index in [1.807, 2.05) is 73.7 Å². The Morgan fingerprint density at radius 3 is 2.31 bits per heavy atom. The largest absolute Gasteiger partial charge is 0.388 e. The van der Waals surface area contributed by atoms with Crippen LogP contribution in [0.5, 0.6) is 0 Å². The summed E-state index contributed by atoms with van der Waals surface area (Å²) in [5, 5.41) is 13.9. The maximum Gasteiger partial charge on any atom is 0.225 e. The zero-order valence-electron chi connectivity index (χ0n) is 20.5. The molecule has 0 bridgehead atoms. The lowest BCUT2D eigenvalue weighted by Crippen LogP contribution is -2.31. The molecule has 1 aromatic heterocycles. The third-order valence-corrected chi connectivity index (χ3v) is 6.43. The first-order chi connectivity index (χ1) is 16.9. The summed E-state index contributed by atoms with van der Waals surface area (Å²) >= 11 is 0. The summed E-state index contributed by atoms with van der Waals surface area (Å²) in [4.78, 5) is 17.4. The number of benzene rings is 3. The fraction of sp³-hybridized carbons (Fsp3) is 0.226. The van der Waals surface area contributed by atoms with Crippen LogP contribution in [0.25, 0.3) is 0 Å². The van der Waals surface area contributed by atoms with Crippen LogP contribution in [-0.4, -0.2) is 16.0 Å². The van der Waals surface area contributed by atoms with Gasteiger partial charge in [-0.25, -0.2) is 0 Å². The molecule has 4 heteroatoms. The van der Waals surface area contributed by atoms with Crippen LogP contribution in [0.3, 0.4) is 0 Å². The Labute approximate surface area is 207 Å². The smallest absolute Gasteiger partial charge is 0.225 e. The minimum atomic E-state index is -0.618. The average Bonchev–Trinajstić information content (AvgIpc) is 2.85. The van der Waals surface area contributed by atoms with Crippen LogP contribution < -0.4 is 5.32 Å². The second kappa shape index (κ2) is 11.1. The molecule has 0 saturated carbocycles. The lowest BCUT2D eigenvalue weighted by molar-refractivity contribution is -0.120. The van der Waals surface area contributed by atoms with Crippen molar-refractivity contribution in [3.05, 3.63) is 136 Å². The predicted octanol–water partition coefficient (Wildman–Crippen LogP) is 5.73. The maximum atomic E-state index is 13.1. The van der Waals surface area contributed by atoms with Gasteiger partial charge in [-0.15, -0.1) is 0 Å². The number of hydrogen-bond acceptors (Lipinski definition) is 3. The van der Waals surface area contributed by atoms with Gasteiger partial charge in [0.1, 0.15) is 0 Å². The highest BCUT2D eigenvalue weighted by Crippen LogP contribution is 2.26. The molecule has 4 rings (SSSR count). The standard InChI is InChI=1S/C31H32N2O2/c1-21-11-16-28(22(2)18-21)31(26-8-5-4-6-9-26)33-30(35)19-24-12-14-25(15-13-24)29(34)20-27-10-7-17-32-23(27)3/h4-18,29,31,34H,19-20H2,1-3H3,(H,33,35). The zero-order chi connectivity index (χ0) is 24.8. The van der Waals surface area contributed by atoms with Gasteiger partial charge < -0.3 is 10.4 Å². The molecule has 35 heavy (non-hydrogen) atoms. The third-order valence-electron chi connectivity index (χ3n) is 6.43. The van der Waals surface area contributed by atoms with Gasteiger partial charge in [0, 0.05) is 18.3 Å². The average molecular weight is 465 g/mol. The fourth-order valence-electron chi connectivity index (χ4n) is 4.45.